The van der Waals surface area contributed by atoms with Crippen LogP contribution in [0.3, 0.4) is 0 Å². The average Bonchev–Trinajstić information content (AvgIpc) is 2.50. The van der Waals surface area contributed by atoms with Gasteiger partial charge in [0.25, 0.3) is 0 Å². The van der Waals surface area contributed by atoms with Crippen LogP contribution >= 0.6 is 0 Å². The van der Waals surface area contributed by atoms with Crippen molar-refractivity contribution in [2.75, 3.05) is 13.2 Å². The first-order valence-electron chi connectivity index (χ1n) is 7.56. The lowest BCUT2D eigenvalue weighted by Crippen LogP contribution is -2.51. The number of phenols is 1. The molecule has 1 aromatic carbocycles. The van der Waals surface area contributed by atoms with Crippen molar-refractivity contribution in [2.45, 2.75) is 44.2 Å². The molecule has 116 valence electrons. The van der Waals surface area contributed by atoms with Crippen LogP contribution in [0.4, 0.5) is 0 Å². The van der Waals surface area contributed by atoms with Crippen molar-refractivity contribution in [3.05, 3.63) is 29.8 Å². The number of carbonyl (C=O) groups excluding carboxylic acids is 1. The fraction of sp³-hybridized carbons (Fsp3) is 0.562. The molecule has 21 heavy (non-hydrogen) atoms. The summed E-state index contributed by atoms with van der Waals surface area (Å²) in [5, 5.41) is 18.4. The number of hydrogen-bond acceptors (Lipinski definition) is 4. The molecule has 0 radical (unpaired) electrons. The molecule has 1 saturated heterocycles. The van der Waals surface area contributed by atoms with E-state index in [0.717, 1.165) is 31.4 Å². The zero-order chi connectivity index (χ0) is 15.2. The highest BCUT2D eigenvalue weighted by Crippen LogP contribution is 2.21. The highest BCUT2D eigenvalue weighted by atomic mass is 16.3. The Morgan fingerprint density at radius 2 is 2.05 bits per heavy atom. The maximum absolute atomic E-state index is 12.5. The van der Waals surface area contributed by atoms with E-state index in [1.165, 1.54) is 0 Å². The topological polar surface area (TPSA) is 86.8 Å². The molecule has 2 rings (SSSR count). The lowest BCUT2D eigenvalue weighted by molar-refractivity contribution is -0.136. The minimum atomic E-state index is -0.575. The Balaban J connectivity index is 1.98. The predicted molar refractivity (Wildman–Crippen MR) is 80.8 cm³/mol. The number of aromatic hydroxyl groups is 1. The zero-order valence-electron chi connectivity index (χ0n) is 12.2. The van der Waals surface area contributed by atoms with Crippen molar-refractivity contribution in [1.82, 2.24) is 4.90 Å². The number of piperidine rings is 1. The summed E-state index contributed by atoms with van der Waals surface area (Å²) in [5.41, 5.74) is 6.99. The van der Waals surface area contributed by atoms with Crippen molar-refractivity contribution in [3.8, 4) is 5.75 Å². The third kappa shape index (κ3) is 4.19. The number of nitrogens with zero attached hydrogens (tertiary/aromatic N) is 1. The highest BCUT2D eigenvalue weighted by molar-refractivity contribution is 5.82. The van der Waals surface area contributed by atoms with Crippen LogP contribution in [-0.2, 0) is 11.2 Å². The summed E-state index contributed by atoms with van der Waals surface area (Å²) in [4.78, 5) is 14.4. The van der Waals surface area contributed by atoms with Gasteiger partial charge in [-0.05, 0) is 49.8 Å². The van der Waals surface area contributed by atoms with Gasteiger partial charge in [-0.1, -0.05) is 12.1 Å². The SMILES string of the molecule is N[C@H](Cc1ccc(O)cc1)C(=O)N1CCCCC1CCO. The van der Waals surface area contributed by atoms with E-state index in [1.54, 1.807) is 24.3 Å². The van der Waals surface area contributed by atoms with E-state index in [2.05, 4.69) is 0 Å². The fourth-order valence-electron chi connectivity index (χ4n) is 2.93. The maximum Gasteiger partial charge on any atom is 0.240 e. The lowest BCUT2D eigenvalue weighted by atomic mass is 9.97. The summed E-state index contributed by atoms with van der Waals surface area (Å²) in [6.07, 6.45) is 4.12. The van der Waals surface area contributed by atoms with Crippen LogP contribution in [0.5, 0.6) is 5.75 Å². The van der Waals surface area contributed by atoms with E-state index in [0.29, 0.717) is 12.8 Å². The molecule has 1 heterocycles. The normalized spacial score (nSPS) is 20.3. The van der Waals surface area contributed by atoms with Crippen LogP contribution in [-0.4, -0.2) is 46.3 Å². The first-order valence-corrected chi connectivity index (χ1v) is 7.56. The second-order valence-electron chi connectivity index (χ2n) is 5.67. The lowest BCUT2D eigenvalue weighted by Gasteiger charge is -2.37. The van der Waals surface area contributed by atoms with Gasteiger partial charge in [0.05, 0.1) is 6.04 Å². The summed E-state index contributed by atoms with van der Waals surface area (Å²) in [6.45, 7) is 0.828. The molecule has 1 aliphatic rings. The minimum Gasteiger partial charge on any atom is -0.508 e. The maximum atomic E-state index is 12.5. The largest absolute Gasteiger partial charge is 0.508 e. The number of likely N-dealkylation sites (tertiary alicyclic amines) is 1. The van der Waals surface area contributed by atoms with E-state index < -0.39 is 6.04 Å². The number of benzene rings is 1. The van der Waals surface area contributed by atoms with Gasteiger partial charge in [-0.15, -0.1) is 0 Å². The molecule has 1 fully saturated rings. The quantitative estimate of drug-likeness (QED) is 0.756. The van der Waals surface area contributed by atoms with Gasteiger partial charge in [0.2, 0.25) is 5.91 Å². The molecule has 0 spiro atoms. The smallest absolute Gasteiger partial charge is 0.240 e. The molecular weight excluding hydrogens is 268 g/mol. The summed E-state index contributed by atoms with van der Waals surface area (Å²) in [5.74, 6) is 0.166. The molecule has 0 aliphatic carbocycles. The second kappa shape index (κ2) is 7.43. The predicted octanol–water partition coefficient (Wildman–Crippen LogP) is 1.03. The van der Waals surface area contributed by atoms with E-state index in [4.69, 9.17) is 10.8 Å². The standard InChI is InChI=1S/C16H24N2O3/c17-15(11-12-4-6-14(20)7-5-12)16(21)18-9-2-1-3-13(18)8-10-19/h4-7,13,15,19-20H,1-3,8-11,17H2/t13?,15-/m1/s1. The van der Waals surface area contributed by atoms with E-state index in [1.807, 2.05) is 4.90 Å². The number of carbonyl (C=O) groups is 1. The van der Waals surface area contributed by atoms with Crippen molar-refractivity contribution < 1.29 is 15.0 Å². The molecule has 1 aliphatic heterocycles. The number of rotatable bonds is 5. The second-order valence-corrected chi connectivity index (χ2v) is 5.67. The van der Waals surface area contributed by atoms with Crippen LogP contribution in [0.25, 0.3) is 0 Å². The Morgan fingerprint density at radius 3 is 2.71 bits per heavy atom. The van der Waals surface area contributed by atoms with Gasteiger partial charge < -0.3 is 20.8 Å². The minimum absolute atomic E-state index is 0.0405. The Bertz CT molecular complexity index is 459. The first kappa shape index (κ1) is 15.8. The Labute approximate surface area is 125 Å². The monoisotopic (exact) mass is 292 g/mol. The Kier molecular flexibility index (Phi) is 5.59. The van der Waals surface area contributed by atoms with E-state index >= 15 is 0 Å². The number of hydrogen-bond donors (Lipinski definition) is 3. The van der Waals surface area contributed by atoms with Crippen molar-refractivity contribution in [3.63, 3.8) is 0 Å². The highest BCUT2D eigenvalue weighted by Gasteiger charge is 2.29. The van der Waals surface area contributed by atoms with Crippen LogP contribution in [0.1, 0.15) is 31.2 Å². The van der Waals surface area contributed by atoms with Crippen molar-refractivity contribution in [2.24, 2.45) is 5.73 Å². The van der Waals surface area contributed by atoms with Gasteiger partial charge in [-0.25, -0.2) is 0 Å². The molecule has 0 bridgehead atoms. The van der Waals surface area contributed by atoms with Crippen LogP contribution in [0.15, 0.2) is 24.3 Å². The fourth-order valence-corrected chi connectivity index (χ4v) is 2.93. The molecule has 0 aromatic heterocycles. The molecule has 5 heteroatoms. The number of amides is 1. The molecule has 2 atom stereocenters. The van der Waals surface area contributed by atoms with E-state index in [-0.39, 0.29) is 24.3 Å². The van der Waals surface area contributed by atoms with Gasteiger partial charge in [0.15, 0.2) is 0 Å². The third-order valence-electron chi connectivity index (χ3n) is 4.08. The third-order valence-corrected chi connectivity index (χ3v) is 4.08. The molecule has 4 N–H and O–H groups in total. The molecule has 1 amide bonds. The van der Waals surface area contributed by atoms with Crippen molar-refractivity contribution >= 4 is 5.91 Å². The summed E-state index contributed by atoms with van der Waals surface area (Å²) >= 11 is 0. The first-order chi connectivity index (χ1) is 10.1. The van der Waals surface area contributed by atoms with Gasteiger partial charge >= 0.3 is 0 Å². The average molecular weight is 292 g/mol. The van der Waals surface area contributed by atoms with Crippen LogP contribution < -0.4 is 5.73 Å². The molecule has 5 nitrogen and oxygen atoms in total. The number of nitrogens with two attached hydrogens (primary N) is 1. The summed E-state index contributed by atoms with van der Waals surface area (Å²) < 4.78 is 0. The van der Waals surface area contributed by atoms with Crippen LogP contribution in [0, 0.1) is 0 Å². The summed E-state index contributed by atoms with van der Waals surface area (Å²) in [6, 6.07) is 6.30. The number of aliphatic hydroxyl groups is 1. The number of aliphatic hydroxyl groups excluding tert-OH is 1. The Hall–Kier alpha value is -1.59. The van der Waals surface area contributed by atoms with Gasteiger partial charge in [-0.3, -0.25) is 4.79 Å². The molecular formula is C16H24N2O3. The van der Waals surface area contributed by atoms with Crippen LogP contribution in [0.2, 0.25) is 0 Å². The number of phenolic OH excluding ortho intramolecular Hbond substituents is 1. The summed E-state index contributed by atoms with van der Waals surface area (Å²) in [7, 11) is 0. The van der Waals surface area contributed by atoms with Gasteiger partial charge in [0, 0.05) is 19.2 Å². The molecule has 0 saturated carbocycles. The zero-order valence-corrected chi connectivity index (χ0v) is 12.2. The molecule has 1 unspecified atom stereocenters. The van der Waals surface area contributed by atoms with Gasteiger partial charge in [0.1, 0.15) is 5.75 Å². The van der Waals surface area contributed by atoms with Gasteiger partial charge in [-0.2, -0.15) is 0 Å². The Morgan fingerprint density at radius 1 is 1.33 bits per heavy atom. The van der Waals surface area contributed by atoms with E-state index in [9.17, 15) is 9.90 Å². The molecule has 1 aromatic rings. The van der Waals surface area contributed by atoms with Crippen molar-refractivity contribution in [1.29, 1.82) is 0 Å².